The molecule has 6 rings (SSSR count). The number of pyridine rings is 1. The Labute approximate surface area is 144 Å². The second-order valence-corrected chi connectivity index (χ2v) is 6.47. The van der Waals surface area contributed by atoms with Gasteiger partial charge in [-0.2, -0.15) is 4.40 Å². The first-order chi connectivity index (χ1) is 12.4. The van der Waals surface area contributed by atoms with Crippen molar-refractivity contribution in [3.8, 4) is 17.1 Å². The SMILES string of the molecule is c1ccc(-n2c3ccncc3n3c4[n+](cc23)Cc2ccccc2-4)cc1. The van der Waals surface area contributed by atoms with Crippen LogP contribution >= 0.6 is 0 Å². The molecule has 0 saturated carbocycles. The number of benzene rings is 2. The van der Waals surface area contributed by atoms with Crippen molar-refractivity contribution < 1.29 is 4.57 Å². The normalized spacial score (nSPS) is 12.6. The molecule has 0 atom stereocenters. The molecule has 25 heavy (non-hydrogen) atoms. The molecule has 4 nitrogen and oxygen atoms in total. The van der Waals surface area contributed by atoms with Crippen molar-refractivity contribution in [3.63, 3.8) is 0 Å². The maximum atomic E-state index is 4.39. The van der Waals surface area contributed by atoms with E-state index in [2.05, 4.69) is 85.4 Å². The summed E-state index contributed by atoms with van der Waals surface area (Å²) in [6, 6.07) is 21.3. The molecule has 0 aliphatic carbocycles. The van der Waals surface area contributed by atoms with Crippen LogP contribution in [0.3, 0.4) is 0 Å². The molecule has 2 aromatic carbocycles. The Hall–Kier alpha value is -3.40. The zero-order valence-electron chi connectivity index (χ0n) is 13.5. The highest BCUT2D eigenvalue weighted by Crippen LogP contribution is 2.33. The first-order valence-corrected chi connectivity index (χ1v) is 8.45. The van der Waals surface area contributed by atoms with Gasteiger partial charge in [-0.3, -0.25) is 9.55 Å². The lowest BCUT2D eigenvalue weighted by atomic mass is 10.1. The number of fused-ring (bicyclic) bond motifs is 7. The fourth-order valence-electron chi connectivity index (χ4n) is 4.06. The Balaban J connectivity index is 1.81. The molecule has 4 heterocycles. The average Bonchev–Trinajstić information content (AvgIpc) is 3.28. The number of nitrogens with zero attached hydrogens (tertiary/aromatic N) is 4. The smallest absolute Gasteiger partial charge is 0.270 e. The van der Waals surface area contributed by atoms with Crippen LogP contribution in [-0.2, 0) is 6.54 Å². The maximum Gasteiger partial charge on any atom is 0.296 e. The molecule has 118 valence electrons. The Morgan fingerprint density at radius 2 is 1.72 bits per heavy atom. The lowest BCUT2D eigenvalue weighted by Crippen LogP contribution is -2.29. The molecule has 0 radical (unpaired) electrons. The van der Waals surface area contributed by atoms with Crippen LogP contribution < -0.4 is 4.57 Å². The summed E-state index contributed by atoms with van der Waals surface area (Å²) >= 11 is 0. The van der Waals surface area contributed by atoms with Crippen molar-refractivity contribution in [2.45, 2.75) is 6.54 Å². The quantitative estimate of drug-likeness (QED) is 0.425. The van der Waals surface area contributed by atoms with Gasteiger partial charge in [-0.25, -0.2) is 4.57 Å². The number of hydrogen-bond acceptors (Lipinski definition) is 1. The molecule has 0 saturated heterocycles. The van der Waals surface area contributed by atoms with E-state index in [1.165, 1.54) is 33.8 Å². The minimum Gasteiger partial charge on any atom is -0.270 e. The van der Waals surface area contributed by atoms with E-state index in [1.807, 2.05) is 12.4 Å². The van der Waals surface area contributed by atoms with Crippen molar-refractivity contribution in [2.24, 2.45) is 0 Å². The molecule has 0 unspecified atom stereocenters. The highest BCUT2D eigenvalue weighted by molar-refractivity contribution is 5.85. The molecule has 1 aliphatic heterocycles. The van der Waals surface area contributed by atoms with Crippen LogP contribution in [0, 0.1) is 0 Å². The highest BCUT2D eigenvalue weighted by atomic mass is 15.2. The Morgan fingerprint density at radius 1 is 0.880 bits per heavy atom. The first kappa shape index (κ1) is 13.0. The Morgan fingerprint density at radius 3 is 2.64 bits per heavy atom. The average molecular weight is 323 g/mol. The van der Waals surface area contributed by atoms with Crippen LogP contribution in [0.15, 0.2) is 79.3 Å². The summed E-state index contributed by atoms with van der Waals surface area (Å²) in [5.41, 5.74) is 7.31. The Kier molecular flexibility index (Phi) is 2.37. The van der Waals surface area contributed by atoms with Gasteiger partial charge in [0, 0.05) is 17.4 Å². The molecule has 0 amide bonds. The van der Waals surface area contributed by atoms with Gasteiger partial charge in [-0.05, 0) is 24.3 Å². The molecular formula is C21H15N4+. The van der Waals surface area contributed by atoms with Crippen molar-refractivity contribution in [3.05, 3.63) is 84.8 Å². The Bertz CT molecular complexity index is 1260. The van der Waals surface area contributed by atoms with E-state index in [4.69, 9.17) is 0 Å². The van der Waals surface area contributed by atoms with E-state index >= 15 is 0 Å². The van der Waals surface area contributed by atoms with Crippen molar-refractivity contribution in [2.75, 3.05) is 0 Å². The first-order valence-electron chi connectivity index (χ1n) is 8.45. The molecule has 0 spiro atoms. The molecule has 0 bridgehead atoms. The molecular weight excluding hydrogens is 308 g/mol. The van der Waals surface area contributed by atoms with Gasteiger partial charge in [0.05, 0.1) is 11.8 Å². The third kappa shape index (κ3) is 1.61. The van der Waals surface area contributed by atoms with Crippen molar-refractivity contribution >= 4 is 16.7 Å². The lowest BCUT2D eigenvalue weighted by molar-refractivity contribution is -0.670. The van der Waals surface area contributed by atoms with E-state index in [-0.39, 0.29) is 0 Å². The van der Waals surface area contributed by atoms with Gasteiger partial charge in [0.15, 0.2) is 11.7 Å². The van der Waals surface area contributed by atoms with Gasteiger partial charge in [0.2, 0.25) is 0 Å². The van der Waals surface area contributed by atoms with E-state index in [9.17, 15) is 0 Å². The minimum absolute atomic E-state index is 0.920. The van der Waals surface area contributed by atoms with E-state index in [0.29, 0.717) is 0 Å². The van der Waals surface area contributed by atoms with Crippen LogP contribution in [0.4, 0.5) is 0 Å². The molecule has 4 heteroatoms. The summed E-state index contributed by atoms with van der Waals surface area (Å²) < 4.78 is 6.98. The van der Waals surface area contributed by atoms with E-state index < -0.39 is 0 Å². The van der Waals surface area contributed by atoms with Gasteiger partial charge >= 0.3 is 0 Å². The molecule has 5 aromatic rings. The van der Waals surface area contributed by atoms with Crippen molar-refractivity contribution in [1.82, 2.24) is 14.0 Å². The highest BCUT2D eigenvalue weighted by Gasteiger charge is 2.33. The van der Waals surface area contributed by atoms with Crippen LogP contribution in [0.25, 0.3) is 33.8 Å². The molecule has 0 N–H and O–H groups in total. The van der Waals surface area contributed by atoms with Crippen molar-refractivity contribution in [1.29, 1.82) is 0 Å². The van der Waals surface area contributed by atoms with Gasteiger partial charge < -0.3 is 0 Å². The predicted octanol–water partition coefficient (Wildman–Crippen LogP) is 3.59. The third-order valence-corrected chi connectivity index (χ3v) is 5.09. The monoisotopic (exact) mass is 323 g/mol. The maximum absolute atomic E-state index is 4.39. The summed E-state index contributed by atoms with van der Waals surface area (Å²) in [6.07, 6.45) is 6.08. The van der Waals surface area contributed by atoms with Crippen LogP contribution in [-0.4, -0.2) is 14.0 Å². The number of hydrogen-bond donors (Lipinski definition) is 0. The molecule has 3 aromatic heterocycles. The topological polar surface area (TPSA) is 26.1 Å². The number of para-hydroxylation sites is 1. The molecule has 0 fully saturated rings. The zero-order valence-corrected chi connectivity index (χ0v) is 13.5. The largest absolute Gasteiger partial charge is 0.296 e. The van der Waals surface area contributed by atoms with Gasteiger partial charge in [0.25, 0.3) is 11.5 Å². The van der Waals surface area contributed by atoms with Crippen LogP contribution in [0.5, 0.6) is 0 Å². The second kappa shape index (κ2) is 4.57. The summed E-state index contributed by atoms with van der Waals surface area (Å²) in [5, 5.41) is 0. The van der Waals surface area contributed by atoms with Gasteiger partial charge in [-0.1, -0.05) is 36.4 Å². The standard InChI is InChI=1S/C21H15N4/c1-2-7-16(8-3-1)24-18-10-11-22-12-19(18)25-20(24)14-23-13-15-6-4-5-9-17(15)21(23)25/h1-12,14H,13H2/q+1. The second-order valence-electron chi connectivity index (χ2n) is 6.47. The number of aromatic nitrogens is 4. The summed E-state index contributed by atoms with van der Waals surface area (Å²) in [6.45, 7) is 0.920. The van der Waals surface area contributed by atoms with Gasteiger partial charge in [-0.15, -0.1) is 0 Å². The lowest BCUT2D eigenvalue weighted by Gasteiger charge is -2.02. The van der Waals surface area contributed by atoms with E-state index in [1.54, 1.807) is 0 Å². The third-order valence-electron chi connectivity index (χ3n) is 5.09. The number of rotatable bonds is 1. The fraction of sp³-hybridized carbons (Fsp3) is 0.0476. The van der Waals surface area contributed by atoms with Crippen LogP contribution in [0.2, 0.25) is 0 Å². The summed E-state index contributed by atoms with van der Waals surface area (Å²) in [4.78, 5) is 4.39. The number of imidazole rings is 2. The summed E-state index contributed by atoms with van der Waals surface area (Å²) in [7, 11) is 0. The predicted molar refractivity (Wildman–Crippen MR) is 96.8 cm³/mol. The van der Waals surface area contributed by atoms with Gasteiger partial charge in [0.1, 0.15) is 12.1 Å². The van der Waals surface area contributed by atoms with Crippen LogP contribution in [0.1, 0.15) is 5.56 Å². The molecule has 1 aliphatic rings. The fourth-order valence-corrected chi connectivity index (χ4v) is 4.06. The minimum atomic E-state index is 0.920. The zero-order chi connectivity index (χ0) is 16.4. The summed E-state index contributed by atoms with van der Waals surface area (Å²) in [5.74, 6) is 1.23. The van der Waals surface area contributed by atoms with E-state index in [0.717, 1.165) is 12.1 Å².